The minimum Gasteiger partial charge on any atom is -0.488 e. The van der Waals surface area contributed by atoms with Crippen LogP contribution < -0.4 is 14.8 Å². The van der Waals surface area contributed by atoms with E-state index in [1.807, 2.05) is 24.3 Å². The van der Waals surface area contributed by atoms with Crippen LogP contribution in [-0.4, -0.2) is 34.3 Å². The fourth-order valence-corrected chi connectivity index (χ4v) is 4.11. The van der Waals surface area contributed by atoms with Crippen molar-refractivity contribution in [3.8, 4) is 17.2 Å². The van der Waals surface area contributed by atoms with E-state index in [1.165, 1.54) is 6.07 Å². The number of aliphatic hydroxyl groups excluding tert-OH is 1. The Balaban J connectivity index is 1.31. The van der Waals surface area contributed by atoms with Gasteiger partial charge in [-0.1, -0.05) is 30.2 Å². The third kappa shape index (κ3) is 6.61. The van der Waals surface area contributed by atoms with Crippen molar-refractivity contribution in [1.82, 2.24) is 0 Å². The van der Waals surface area contributed by atoms with E-state index < -0.39 is 12.1 Å². The second-order valence-corrected chi connectivity index (χ2v) is 8.80. The number of aromatic carboxylic acids is 1. The van der Waals surface area contributed by atoms with Crippen LogP contribution in [0.25, 0.3) is 0 Å². The molecule has 0 radical (unpaired) electrons. The number of amides is 1. The second-order valence-electron chi connectivity index (χ2n) is 8.80. The average Bonchev–Trinajstić information content (AvgIpc) is 2.84. The van der Waals surface area contributed by atoms with Crippen molar-refractivity contribution < 1.29 is 29.3 Å². The number of carboxylic acids is 1. The van der Waals surface area contributed by atoms with Crippen LogP contribution in [0.1, 0.15) is 47.2 Å². The standard InChI is InChI=1S/C28H29NO6/c1-18-6-15-24(23(16-18)28(32)33)29-27(31)17-19-7-9-20(10-8-19)34-21-11-13-22(14-12-21)35-26-5-3-2-4-25(26)30/h6-16,25-26,30H,2-5,17H2,1H3,(H,29,31)(H,32,33). The molecule has 0 aromatic heterocycles. The summed E-state index contributed by atoms with van der Waals surface area (Å²) in [4.78, 5) is 23.9. The molecule has 3 aromatic rings. The molecule has 1 amide bonds. The number of aryl methyl sites for hydroxylation is 1. The number of ether oxygens (including phenoxy) is 2. The second kappa shape index (κ2) is 11.1. The number of aliphatic hydroxyl groups is 1. The summed E-state index contributed by atoms with van der Waals surface area (Å²) in [5.74, 6) is 0.578. The summed E-state index contributed by atoms with van der Waals surface area (Å²) in [5.41, 5.74) is 1.92. The largest absolute Gasteiger partial charge is 0.488 e. The van der Waals surface area contributed by atoms with Crippen molar-refractivity contribution in [1.29, 1.82) is 0 Å². The molecule has 0 aliphatic heterocycles. The molecule has 1 aliphatic carbocycles. The van der Waals surface area contributed by atoms with Crippen molar-refractivity contribution in [3.05, 3.63) is 83.4 Å². The van der Waals surface area contributed by atoms with Crippen LogP contribution in [0.3, 0.4) is 0 Å². The van der Waals surface area contributed by atoms with E-state index in [9.17, 15) is 19.8 Å². The molecule has 0 saturated heterocycles. The average molecular weight is 476 g/mol. The molecular weight excluding hydrogens is 446 g/mol. The number of carboxylic acid groups (broad SMARTS) is 1. The van der Waals surface area contributed by atoms with Crippen LogP contribution in [-0.2, 0) is 11.2 Å². The number of nitrogens with one attached hydrogen (secondary N) is 1. The first-order valence-corrected chi connectivity index (χ1v) is 11.7. The van der Waals surface area contributed by atoms with E-state index in [1.54, 1.807) is 43.3 Å². The fraction of sp³-hybridized carbons (Fsp3) is 0.286. The third-order valence-corrected chi connectivity index (χ3v) is 5.98. The number of benzene rings is 3. The maximum Gasteiger partial charge on any atom is 0.337 e. The molecule has 7 nitrogen and oxygen atoms in total. The Hall–Kier alpha value is -3.84. The number of carbonyl (C=O) groups is 2. The molecule has 7 heteroatoms. The quantitative estimate of drug-likeness (QED) is 0.406. The Morgan fingerprint density at radius 1 is 0.914 bits per heavy atom. The minimum absolute atomic E-state index is 0.0634. The number of hydrogen-bond donors (Lipinski definition) is 3. The van der Waals surface area contributed by atoms with Crippen molar-refractivity contribution in [2.45, 2.75) is 51.2 Å². The summed E-state index contributed by atoms with van der Waals surface area (Å²) in [7, 11) is 0. The molecule has 4 rings (SSSR count). The Labute approximate surface area is 204 Å². The summed E-state index contributed by atoms with van der Waals surface area (Å²) < 4.78 is 11.8. The molecule has 1 fully saturated rings. The molecule has 2 atom stereocenters. The van der Waals surface area contributed by atoms with Gasteiger partial charge in [-0.25, -0.2) is 4.79 Å². The van der Waals surface area contributed by atoms with Crippen LogP contribution in [0, 0.1) is 6.92 Å². The fourth-order valence-electron chi connectivity index (χ4n) is 4.11. The van der Waals surface area contributed by atoms with Crippen LogP contribution in [0.5, 0.6) is 17.2 Å². The predicted molar refractivity (Wildman–Crippen MR) is 132 cm³/mol. The molecule has 0 bridgehead atoms. The number of rotatable bonds is 8. The van der Waals surface area contributed by atoms with E-state index in [4.69, 9.17) is 9.47 Å². The molecule has 182 valence electrons. The predicted octanol–water partition coefficient (Wildman–Crippen LogP) is 5.35. The smallest absolute Gasteiger partial charge is 0.337 e. The molecule has 0 heterocycles. The zero-order valence-corrected chi connectivity index (χ0v) is 19.6. The van der Waals surface area contributed by atoms with Crippen LogP contribution in [0.2, 0.25) is 0 Å². The topological polar surface area (TPSA) is 105 Å². The highest BCUT2D eigenvalue weighted by Crippen LogP contribution is 2.28. The molecule has 1 aliphatic rings. The molecule has 0 spiro atoms. The van der Waals surface area contributed by atoms with Crippen molar-refractivity contribution in [2.24, 2.45) is 0 Å². The van der Waals surface area contributed by atoms with E-state index in [-0.39, 0.29) is 29.7 Å². The molecule has 35 heavy (non-hydrogen) atoms. The van der Waals surface area contributed by atoms with E-state index in [0.717, 1.165) is 36.8 Å². The first-order chi connectivity index (χ1) is 16.9. The van der Waals surface area contributed by atoms with Gasteiger partial charge in [0.2, 0.25) is 5.91 Å². The summed E-state index contributed by atoms with van der Waals surface area (Å²) in [6.07, 6.45) is 3.25. The van der Waals surface area contributed by atoms with Gasteiger partial charge < -0.3 is 25.0 Å². The van der Waals surface area contributed by atoms with Gasteiger partial charge in [-0.05, 0) is 80.3 Å². The van der Waals surface area contributed by atoms with Crippen LogP contribution >= 0.6 is 0 Å². The number of carbonyl (C=O) groups excluding carboxylic acids is 1. The van der Waals surface area contributed by atoms with E-state index in [0.29, 0.717) is 17.2 Å². The summed E-state index contributed by atoms with van der Waals surface area (Å²) in [6, 6.07) is 19.3. The Morgan fingerprint density at radius 3 is 2.20 bits per heavy atom. The van der Waals surface area contributed by atoms with Crippen LogP contribution in [0.4, 0.5) is 5.69 Å². The van der Waals surface area contributed by atoms with Crippen LogP contribution in [0.15, 0.2) is 66.7 Å². The SMILES string of the molecule is Cc1ccc(NC(=O)Cc2ccc(Oc3ccc(OC4CCCCC4O)cc3)cc2)c(C(=O)O)c1. The van der Waals surface area contributed by atoms with E-state index in [2.05, 4.69) is 5.32 Å². The minimum atomic E-state index is -1.09. The van der Waals surface area contributed by atoms with Gasteiger partial charge in [-0.15, -0.1) is 0 Å². The Morgan fingerprint density at radius 2 is 1.54 bits per heavy atom. The van der Waals surface area contributed by atoms with Gasteiger partial charge in [0.25, 0.3) is 0 Å². The maximum atomic E-state index is 12.4. The molecule has 3 aromatic carbocycles. The zero-order chi connectivity index (χ0) is 24.8. The number of hydrogen-bond acceptors (Lipinski definition) is 5. The highest BCUT2D eigenvalue weighted by Gasteiger charge is 2.24. The normalized spacial score (nSPS) is 17.4. The van der Waals surface area contributed by atoms with Gasteiger partial charge >= 0.3 is 5.97 Å². The molecular formula is C28H29NO6. The number of anilines is 1. The van der Waals surface area contributed by atoms with Crippen molar-refractivity contribution in [3.63, 3.8) is 0 Å². The summed E-state index contributed by atoms with van der Waals surface area (Å²) in [5, 5.41) is 22.1. The van der Waals surface area contributed by atoms with E-state index >= 15 is 0 Å². The van der Waals surface area contributed by atoms with Crippen molar-refractivity contribution >= 4 is 17.6 Å². The van der Waals surface area contributed by atoms with Gasteiger partial charge in [-0.3, -0.25) is 4.79 Å². The van der Waals surface area contributed by atoms with Gasteiger partial charge in [0, 0.05) is 0 Å². The van der Waals surface area contributed by atoms with Gasteiger partial charge in [0.1, 0.15) is 23.4 Å². The maximum absolute atomic E-state index is 12.4. The highest BCUT2D eigenvalue weighted by molar-refractivity contribution is 6.01. The monoisotopic (exact) mass is 475 g/mol. The molecule has 2 unspecified atom stereocenters. The Bertz CT molecular complexity index is 1170. The molecule has 3 N–H and O–H groups in total. The third-order valence-electron chi connectivity index (χ3n) is 5.98. The van der Waals surface area contributed by atoms with Gasteiger partial charge in [0.15, 0.2) is 0 Å². The van der Waals surface area contributed by atoms with Crippen molar-refractivity contribution in [2.75, 3.05) is 5.32 Å². The summed E-state index contributed by atoms with van der Waals surface area (Å²) in [6.45, 7) is 1.80. The first-order valence-electron chi connectivity index (χ1n) is 11.7. The lowest BCUT2D eigenvalue weighted by Gasteiger charge is -2.28. The highest BCUT2D eigenvalue weighted by atomic mass is 16.5. The Kier molecular flexibility index (Phi) is 7.67. The first kappa shape index (κ1) is 24.3. The zero-order valence-electron chi connectivity index (χ0n) is 19.6. The molecule has 1 saturated carbocycles. The lowest BCUT2D eigenvalue weighted by molar-refractivity contribution is -0.115. The lowest BCUT2D eigenvalue weighted by atomic mass is 9.95. The van der Waals surface area contributed by atoms with Gasteiger partial charge in [0.05, 0.1) is 23.8 Å². The lowest BCUT2D eigenvalue weighted by Crippen LogP contribution is -2.34. The summed E-state index contributed by atoms with van der Waals surface area (Å²) >= 11 is 0. The van der Waals surface area contributed by atoms with Gasteiger partial charge in [-0.2, -0.15) is 0 Å².